The van der Waals surface area contributed by atoms with E-state index in [1.165, 1.54) is 11.3 Å². The number of benzene rings is 1. The third kappa shape index (κ3) is 6.02. The van der Waals surface area contributed by atoms with E-state index in [1.54, 1.807) is 19.1 Å². The highest BCUT2D eigenvalue weighted by molar-refractivity contribution is 7.80. The number of hydrogen-bond acceptors (Lipinski definition) is 5. The van der Waals surface area contributed by atoms with Gasteiger partial charge >= 0.3 is 5.97 Å². The van der Waals surface area contributed by atoms with Gasteiger partial charge in [-0.3, -0.25) is 4.79 Å². The first-order valence-electron chi connectivity index (χ1n) is 8.61. The first-order chi connectivity index (χ1) is 13.0. The summed E-state index contributed by atoms with van der Waals surface area (Å²) < 4.78 is 5.20. The minimum absolute atomic E-state index is 0.151. The van der Waals surface area contributed by atoms with Crippen molar-refractivity contribution < 1.29 is 14.3 Å². The number of unbranched alkanes of at least 4 members (excludes halogenated alkanes) is 1. The van der Waals surface area contributed by atoms with Crippen LogP contribution in [0.5, 0.6) is 0 Å². The maximum atomic E-state index is 12.5. The second-order valence-electron chi connectivity index (χ2n) is 5.69. The van der Waals surface area contributed by atoms with E-state index >= 15 is 0 Å². The van der Waals surface area contributed by atoms with Gasteiger partial charge in [0, 0.05) is 22.4 Å². The Balaban J connectivity index is 2.25. The van der Waals surface area contributed by atoms with E-state index in [9.17, 15) is 9.59 Å². The maximum absolute atomic E-state index is 12.5. The second-order valence-corrected chi connectivity index (χ2v) is 7.41. The van der Waals surface area contributed by atoms with E-state index in [2.05, 4.69) is 10.6 Å². The van der Waals surface area contributed by atoms with E-state index in [0.29, 0.717) is 22.0 Å². The SMILES string of the molecule is CCCCC(=O)NC(=S)Nc1scc(-c2ccc(Cl)cc2)c1C(=O)OCC. The number of thiocarbonyl (C=S) groups is 1. The molecule has 0 spiro atoms. The number of carbonyl (C=O) groups is 2. The average molecular weight is 425 g/mol. The van der Waals surface area contributed by atoms with E-state index < -0.39 is 5.97 Å². The van der Waals surface area contributed by atoms with Crippen LogP contribution in [0.1, 0.15) is 43.5 Å². The number of esters is 1. The predicted molar refractivity (Wildman–Crippen MR) is 115 cm³/mol. The van der Waals surface area contributed by atoms with Crippen molar-refractivity contribution in [2.45, 2.75) is 33.1 Å². The topological polar surface area (TPSA) is 67.4 Å². The third-order valence-corrected chi connectivity index (χ3v) is 5.01. The molecule has 0 atom stereocenters. The van der Waals surface area contributed by atoms with Crippen LogP contribution in [0.3, 0.4) is 0 Å². The number of amides is 1. The highest BCUT2D eigenvalue weighted by Gasteiger charge is 2.22. The summed E-state index contributed by atoms with van der Waals surface area (Å²) in [6.45, 7) is 4.02. The fourth-order valence-corrected chi connectivity index (χ4v) is 3.73. The summed E-state index contributed by atoms with van der Waals surface area (Å²) in [7, 11) is 0. The zero-order valence-electron chi connectivity index (χ0n) is 15.1. The van der Waals surface area contributed by atoms with Crippen molar-refractivity contribution in [1.29, 1.82) is 0 Å². The number of hydrogen-bond donors (Lipinski definition) is 2. The van der Waals surface area contributed by atoms with Crippen LogP contribution in [0, 0.1) is 0 Å². The summed E-state index contributed by atoms with van der Waals surface area (Å²) in [6, 6.07) is 7.19. The summed E-state index contributed by atoms with van der Waals surface area (Å²) in [5, 5.41) is 8.73. The van der Waals surface area contributed by atoms with Crippen LogP contribution in [-0.2, 0) is 9.53 Å². The Labute approximate surface area is 173 Å². The first-order valence-corrected chi connectivity index (χ1v) is 10.3. The lowest BCUT2D eigenvalue weighted by Crippen LogP contribution is -2.34. The molecule has 0 aliphatic carbocycles. The van der Waals surface area contributed by atoms with Crippen molar-refractivity contribution in [1.82, 2.24) is 5.32 Å². The van der Waals surface area contributed by atoms with Gasteiger partial charge in [-0.1, -0.05) is 37.1 Å². The minimum atomic E-state index is -0.452. The van der Waals surface area contributed by atoms with Crippen molar-refractivity contribution in [3.63, 3.8) is 0 Å². The lowest BCUT2D eigenvalue weighted by atomic mass is 10.0. The predicted octanol–water partition coefficient (Wildman–Crippen LogP) is 5.25. The van der Waals surface area contributed by atoms with Crippen molar-refractivity contribution in [3.05, 3.63) is 40.2 Å². The monoisotopic (exact) mass is 424 g/mol. The minimum Gasteiger partial charge on any atom is -0.462 e. The highest BCUT2D eigenvalue weighted by Crippen LogP contribution is 2.36. The van der Waals surface area contributed by atoms with Gasteiger partial charge in [0.25, 0.3) is 0 Å². The van der Waals surface area contributed by atoms with Gasteiger partial charge in [-0.05, 0) is 43.3 Å². The molecular weight excluding hydrogens is 404 g/mol. The number of thiophene rings is 1. The smallest absolute Gasteiger partial charge is 0.341 e. The van der Waals surface area contributed by atoms with Crippen LogP contribution < -0.4 is 10.6 Å². The summed E-state index contributed by atoms with van der Waals surface area (Å²) in [6.07, 6.45) is 2.13. The van der Waals surface area contributed by atoms with E-state index in [4.69, 9.17) is 28.6 Å². The Morgan fingerprint density at radius 1 is 1.22 bits per heavy atom. The number of rotatable bonds is 7. The summed E-state index contributed by atoms with van der Waals surface area (Å²) >= 11 is 12.5. The molecule has 2 rings (SSSR count). The van der Waals surface area contributed by atoms with Crippen LogP contribution >= 0.6 is 35.2 Å². The number of carbonyl (C=O) groups excluding carboxylic acids is 2. The van der Waals surface area contributed by atoms with Crippen LogP contribution in [0.4, 0.5) is 5.00 Å². The molecule has 0 saturated carbocycles. The van der Waals surface area contributed by atoms with Gasteiger partial charge in [0.1, 0.15) is 10.6 Å². The highest BCUT2D eigenvalue weighted by atomic mass is 35.5. The zero-order valence-corrected chi connectivity index (χ0v) is 17.5. The third-order valence-electron chi connectivity index (χ3n) is 3.66. The Hall–Kier alpha value is -1.96. The van der Waals surface area contributed by atoms with Gasteiger partial charge in [-0.15, -0.1) is 11.3 Å². The molecule has 0 fully saturated rings. The van der Waals surface area contributed by atoms with Crippen LogP contribution in [0.25, 0.3) is 11.1 Å². The van der Waals surface area contributed by atoms with Crippen LogP contribution in [-0.4, -0.2) is 23.6 Å². The number of anilines is 1. The average Bonchev–Trinajstić information content (AvgIpc) is 3.04. The number of ether oxygens (including phenoxy) is 1. The molecule has 0 aliphatic rings. The van der Waals surface area contributed by atoms with Crippen LogP contribution in [0.2, 0.25) is 5.02 Å². The van der Waals surface area contributed by atoms with Gasteiger partial charge in [0.2, 0.25) is 5.91 Å². The molecule has 0 aliphatic heterocycles. The molecule has 0 saturated heterocycles. The Kier molecular flexibility index (Phi) is 8.22. The Morgan fingerprint density at radius 2 is 1.93 bits per heavy atom. The molecule has 1 amide bonds. The van der Waals surface area contributed by atoms with Crippen molar-refractivity contribution in [2.75, 3.05) is 11.9 Å². The molecule has 0 bridgehead atoms. The molecule has 5 nitrogen and oxygen atoms in total. The van der Waals surface area contributed by atoms with Crippen molar-refractivity contribution in [3.8, 4) is 11.1 Å². The molecule has 1 aromatic heterocycles. The summed E-state index contributed by atoms with van der Waals surface area (Å²) in [4.78, 5) is 24.4. The number of halogens is 1. The molecule has 0 unspecified atom stereocenters. The molecule has 2 N–H and O–H groups in total. The molecule has 1 heterocycles. The summed E-state index contributed by atoms with van der Waals surface area (Å²) in [5.41, 5.74) is 1.94. The quantitative estimate of drug-likeness (QED) is 0.469. The second kappa shape index (κ2) is 10.4. The van der Waals surface area contributed by atoms with E-state index in [-0.39, 0.29) is 17.6 Å². The standard InChI is InChI=1S/C19H21ClN2O3S2/c1-3-5-6-15(23)21-19(26)22-17-16(18(24)25-4-2)14(11-27-17)12-7-9-13(20)10-8-12/h7-11H,3-6H2,1-2H3,(H2,21,22,23,26). The largest absolute Gasteiger partial charge is 0.462 e. The van der Waals surface area contributed by atoms with Crippen molar-refractivity contribution >= 4 is 57.1 Å². The van der Waals surface area contributed by atoms with E-state index in [1.807, 2.05) is 24.4 Å². The van der Waals surface area contributed by atoms with Gasteiger partial charge in [-0.2, -0.15) is 0 Å². The van der Waals surface area contributed by atoms with Gasteiger partial charge in [-0.25, -0.2) is 4.79 Å². The molecule has 1 aromatic carbocycles. The first kappa shape index (κ1) is 21.3. The van der Waals surface area contributed by atoms with E-state index in [0.717, 1.165) is 24.0 Å². The molecule has 0 radical (unpaired) electrons. The molecular formula is C19H21ClN2O3S2. The van der Waals surface area contributed by atoms with Gasteiger partial charge in [0.05, 0.1) is 6.61 Å². The molecule has 27 heavy (non-hydrogen) atoms. The maximum Gasteiger partial charge on any atom is 0.341 e. The fraction of sp³-hybridized carbons (Fsp3) is 0.316. The van der Waals surface area contributed by atoms with Crippen molar-refractivity contribution in [2.24, 2.45) is 0 Å². The van der Waals surface area contributed by atoms with Gasteiger partial charge < -0.3 is 15.4 Å². The normalized spacial score (nSPS) is 10.3. The lowest BCUT2D eigenvalue weighted by molar-refractivity contribution is -0.119. The fourth-order valence-electron chi connectivity index (χ4n) is 2.36. The molecule has 144 valence electrons. The Morgan fingerprint density at radius 3 is 2.56 bits per heavy atom. The summed E-state index contributed by atoms with van der Waals surface area (Å²) in [5.74, 6) is -0.604. The lowest BCUT2D eigenvalue weighted by Gasteiger charge is -2.11. The Bertz CT molecular complexity index is 819. The molecule has 2 aromatic rings. The van der Waals surface area contributed by atoms with Crippen LogP contribution in [0.15, 0.2) is 29.6 Å². The van der Waals surface area contributed by atoms with Gasteiger partial charge in [0.15, 0.2) is 5.11 Å². The number of nitrogens with one attached hydrogen (secondary N) is 2. The molecule has 8 heteroatoms. The zero-order chi connectivity index (χ0) is 19.8.